The Morgan fingerprint density at radius 3 is 1.74 bits per heavy atom. The first-order valence-electron chi connectivity index (χ1n) is 10.8. The zero-order valence-electron chi connectivity index (χ0n) is 16.2. The lowest BCUT2D eigenvalue weighted by molar-refractivity contribution is 0.204. The van der Waals surface area contributed by atoms with Gasteiger partial charge in [-0.25, -0.2) is 0 Å². The molecule has 1 heteroatoms. The molecule has 0 N–H and O–H groups in total. The Bertz CT molecular complexity index is 255. The maximum atomic E-state index is 2.80. The predicted octanol–water partition coefficient (Wildman–Crippen LogP) is 7.12. The summed E-state index contributed by atoms with van der Waals surface area (Å²) < 4.78 is 0. The van der Waals surface area contributed by atoms with Crippen molar-refractivity contribution in [2.24, 2.45) is 0 Å². The van der Waals surface area contributed by atoms with Crippen LogP contribution in [0, 0.1) is 0 Å². The second-order valence-corrected chi connectivity index (χ2v) is 7.50. The number of allylic oxidation sites excluding steroid dienone is 1. The van der Waals surface area contributed by atoms with Crippen molar-refractivity contribution in [2.45, 2.75) is 116 Å². The first-order valence-corrected chi connectivity index (χ1v) is 10.8. The zero-order chi connectivity index (χ0) is 16.6. The Labute approximate surface area is 146 Å². The summed E-state index contributed by atoms with van der Waals surface area (Å²) in [5, 5.41) is 0. The Kier molecular flexibility index (Phi) is 13.7. The monoisotopic (exact) mass is 321 g/mol. The molecule has 0 spiro atoms. The van der Waals surface area contributed by atoms with E-state index in [9.17, 15) is 0 Å². The van der Waals surface area contributed by atoms with Gasteiger partial charge in [0.2, 0.25) is 0 Å². The molecule has 1 aliphatic carbocycles. The Morgan fingerprint density at radius 2 is 1.26 bits per heavy atom. The van der Waals surface area contributed by atoms with Crippen LogP contribution in [0.25, 0.3) is 0 Å². The molecule has 0 saturated heterocycles. The SMILES string of the molecule is CCCCCCCCN(CCCCCCCC)[C@H]1C=CCCC1. The molecule has 23 heavy (non-hydrogen) atoms. The number of hydrogen-bond acceptors (Lipinski definition) is 1. The van der Waals surface area contributed by atoms with Crippen molar-refractivity contribution in [1.82, 2.24) is 4.90 Å². The maximum absolute atomic E-state index is 2.80. The average Bonchev–Trinajstić information content (AvgIpc) is 2.60. The van der Waals surface area contributed by atoms with Crippen LogP contribution in [0.2, 0.25) is 0 Å². The van der Waals surface area contributed by atoms with E-state index in [0.717, 1.165) is 6.04 Å². The summed E-state index contributed by atoms with van der Waals surface area (Å²) in [6.45, 7) is 7.27. The first-order chi connectivity index (χ1) is 11.4. The lowest BCUT2D eigenvalue weighted by atomic mass is 10.00. The van der Waals surface area contributed by atoms with Gasteiger partial charge in [0, 0.05) is 6.04 Å². The van der Waals surface area contributed by atoms with E-state index in [2.05, 4.69) is 30.9 Å². The van der Waals surface area contributed by atoms with Crippen LogP contribution in [0.15, 0.2) is 12.2 Å². The number of hydrogen-bond donors (Lipinski definition) is 0. The third-order valence-corrected chi connectivity index (χ3v) is 5.30. The summed E-state index contributed by atoms with van der Waals surface area (Å²) in [5.41, 5.74) is 0. The van der Waals surface area contributed by atoms with Crippen LogP contribution in [-0.4, -0.2) is 24.0 Å². The van der Waals surface area contributed by atoms with Gasteiger partial charge in [-0.1, -0.05) is 90.2 Å². The summed E-state index contributed by atoms with van der Waals surface area (Å²) in [6, 6.07) is 0.745. The molecule has 0 radical (unpaired) electrons. The predicted molar refractivity (Wildman–Crippen MR) is 105 cm³/mol. The highest BCUT2D eigenvalue weighted by Gasteiger charge is 2.16. The molecule has 0 aliphatic heterocycles. The second kappa shape index (κ2) is 15.2. The molecule has 0 fully saturated rings. The van der Waals surface area contributed by atoms with Crippen molar-refractivity contribution in [2.75, 3.05) is 13.1 Å². The Hall–Kier alpha value is -0.300. The number of unbranched alkanes of at least 4 members (excludes halogenated alkanes) is 10. The van der Waals surface area contributed by atoms with E-state index in [0.29, 0.717) is 0 Å². The summed E-state index contributed by atoms with van der Waals surface area (Å²) in [4.78, 5) is 2.80. The van der Waals surface area contributed by atoms with Gasteiger partial charge in [-0.2, -0.15) is 0 Å². The van der Waals surface area contributed by atoms with Gasteiger partial charge < -0.3 is 0 Å². The average molecular weight is 322 g/mol. The fraction of sp³-hybridized carbons (Fsp3) is 0.909. The van der Waals surface area contributed by atoms with Crippen molar-refractivity contribution in [3.05, 3.63) is 12.2 Å². The van der Waals surface area contributed by atoms with Crippen LogP contribution in [0.3, 0.4) is 0 Å². The summed E-state index contributed by atoms with van der Waals surface area (Å²) >= 11 is 0. The van der Waals surface area contributed by atoms with E-state index in [1.807, 2.05) is 0 Å². The molecule has 1 rings (SSSR count). The minimum Gasteiger partial charge on any atom is -0.297 e. The minimum atomic E-state index is 0.745. The van der Waals surface area contributed by atoms with E-state index in [4.69, 9.17) is 0 Å². The second-order valence-electron chi connectivity index (χ2n) is 7.50. The fourth-order valence-corrected chi connectivity index (χ4v) is 3.73. The number of rotatable bonds is 15. The number of nitrogens with zero attached hydrogens (tertiary/aromatic N) is 1. The highest BCUT2D eigenvalue weighted by Crippen LogP contribution is 2.19. The van der Waals surface area contributed by atoms with Crippen LogP contribution in [0.1, 0.15) is 110 Å². The van der Waals surface area contributed by atoms with Gasteiger partial charge in [0.05, 0.1) is 0 Å². The molecule has 0 bridgehead atoms. The molecule has 0 aromatic heterocycles. The van der Waals surface area contributed by atoms with Crippen LogP contribution in [-0.2, 0) is 0 Å². The largest absolute Gasteiger partial charge is 0.297 e. The van der Waals surface area contributed by atoms with E-state index in [1.54, 1.807) is 0 Å². The van der Waals surface area contributed by atoms with E-state index < -0.39 is 0 Å². The minimum absolute atomic E-state index is 0.745. The lowest BCUT2D eigenvalue weighted by Gasteiger charge is -2.31. The van der Waals surface area contributed by atoms with Crippen LogP contribution in [0.4, 0.5) is 0 Å². The molecule has 1 nitrogen and oxygen atoms in total. The topological polar surface area (TPSA) is 3.24 Å². The Morgan fingerprint density at radius 1 is 0.739 bits per heavy atom. The summed E-state index contributed by atoms with van der Waals surface area (Å²) in [5.74, 6) is 0. The molecular weight excluding hydrogens is 278 g/mol. The van der Waals surface area contributed by atoms with Gasteiger partial charge in [0.25, 0.3) is 0 Å². The van der Waals surface area contributed by atoms with Crippen molar-refractivity contribution in [3.8, 4) is 0 Å². The Balaban J connectivity index is 2.20. The molecule has 0 aromatic rings. The zero-order valence-corrected chi connectivity index (χ0v) is 16.2. The standard InChI is InChI=1S/C22H43N/c1-3-5-7-9-11-16-20-23(22-18-14-13-15-19-22)21-17-12-10-8-6-4-2/h14,18,22H,3-13,15-17,19-21H2,1-2H3/t22-/m0/s1. The quantitative estimate of drug-likeness (QED) is 0.229. The van der Waals surface area contributed by atoms with Gasteiger partial charge >= 0.3 is 0 Å². The van der Waals surface area contributed by atoms with Crippen molar-refractivity contribution >= 4 is 0 Å². The third-order valence-electron chi connectivity index (χ3n) is 5.30. The smallest absolute Gasteiger partial charge is 0.0278 e. The molecule has 136 valence electrons. The molecule has 0 saturated carbocycles. The van der Waals surface area contributed by atoms with Crippen molar-refractivity contribution in [1.29, 1.82) is 0 Å². The molecule has 1 aliphatic rings. The van der Waals surface area contributed by atoms with Crippen LogP contribution >= 0.6 is 0 Å². The van der Waals surface area contributed by atoms with Gasteiger partial charge in [0.1, 0.15) is 0 Å². The van der Waals surface area contributed by atoms with Gasteiger partial charge in [-0.05, 0) is 45.2 Å². The lowest BCUT2D eigenvalue weighted by Crippen LogP contribution is -2.36. The molecular formula is C22H43N. The van der Waals surface area contributed by atoms with E-state index in [1.165, 1.54) is 109 Å². The van der Waals surface area contributed by atoms with Gasteiger partial charge in [0.15, 0.2) is 0 Å². The van der Waals surface area contributed by atoms with Crippen molar-refractivity contribution in [3.63, 3.8) is 0 Å². The molecule has 0 unspecified atom stereocenters. The van der Waals surface area contributed by atoms with Crippen LogP contribution < -0.4 is 0 Å². The normalized spacial score (nSPS) is 18.0. The highest BCUT2D eigenvalue weighted by atomic mass is 15.1. The molecule has 0 aromatic carbocycles. The van der Waals surface area contributed by atoms with Crippen LogP contribution in [0.5, 0.6) is 0 Å². The molecule has 1 atom stereocenters. The first kappa shape index (κ1) is 20.7. The summed E-state index contributed by atoms with van der Waals surface area (Å²) in [7, 11) is 0. The maximum Gasteiger partial charge on any atom is 0.0278 e. The third kappa shape index (κ3) is 11.0. The van der Waals surface area contributed by atoms with E-state index >= 15 is 0 Å². The highest BCUT2D eigenvalue weighted by molar-refractivity contribution is 4.98. The van der Waals surface area contributed by atoms with Crippen molar-refractivity contribution < 1.29 is 0 Å². The van der Waals surface area contributed by atoms with E-state index in [-0.39, 0.29) is 0 Å². The molecule has 0 amide bonds. The van der Waals surface area contributed by atoms with Gasteiger partial charge in [-0.3, -0.25) is 4.90 Å². The molecule has 0 heterocycles. The summed E-state index contributed by atoms with van der Waals surface area (Å²) in [6.07, 6.45) is 26.0. The van der Waals surface area contributed by atoms with Gasteiger partial charge in [-0.15, -0.1) is 0 Å². The fourth-order valence-electron chi connectivity index (χ4n) is 3.73.